The average Bonchev–Trinajstić information content (AvgIpc) is 2.40. The molecule has 2 heterocycles. The predicted octanol–water partition coefficient (Wildman–Crippen LogP) is 1.78. The largest absolute Gasteiger partial charge is 0.352 e. The first-order chi connectivity index (χ1) is 8.27. The highest BCUT2D eigenvalue weighted by atomic mass is 32.2. The highest BCUT2D eigenvalue weighted by Crippen LogP contribution is 2.33. The van der Waals surface area contributed by atoms with Crippen molar-refractivity contribution >= 4 is 17.7 Å². The number of hydrogen-bond donors (Lipinski definition) is 2. The summed E-state index contributed by atoms with van der Waals surface area (Å²) in [5.41, 5.74) is -0.0899. The van der Waals surface area contributed by atoms with E-state index in [-0.39, 0.29) is 5.41 Å². The van der Waals surface area contributed by atoms with Crippen molar-refractivity contribution in [3.8, 4) is 0 Å². The minimum absolute atomic E-state index is 0.0899. The predicted molar refractivity (Wildman–Crippen MR) is 73.3 cm³/mol. The van der Waals surface area contributed by atoms with Crippen molar-refractivity contribution in [2.75, 3.05) is 24.6 Å². The summed E-state index contributed by atoms with van der Waals surface area (Å²) in [5, 5.41) is 6.64. The van der Waals surface area contributed by atoms with Crippen LogP contribution in [0.25, 0.3) is 0 Å². The molecule has 2 rings (SSSR count). The Kier molecular flexibility index (Phi) is 4.74. The van der Waals surface area contributed by atoms with E-state index in [9.17, 15) is 4.79 Å². The minimum atomic E-state index is -0.0899. The fourth-order valence-corrected chi connectivity index (χ4v) is 3.91. The van der Waals surface area contributed by atoms with Crippen molar-refractivity contribution in [1.82, 2.24) is 10.6 Å². The third kappa shape index (κ3) is 3.16. The number of hydrogen-bond acceptors (Lipinski definition) is 3. The topological polar surface area (TPSA) is 41.1 Å². The molecular formula is C13H24N2OS. The number of amides is 1. The van der Waals surface area contributed by atoms with E-state index in [1.807, 2.05) is 11.8 Å². The Morgan fingerprint density at radius 2 is 2.24 bits per heavy atom. The van der Waals surface area contributed by atoms with Gasteiger partial charge >= 0.3 is 0 Å². The zero-order chi connectivity index (χ0) is 12.1. The third-order valence-electron chi connectivity index (χ3n) is 4.21. The molecule has 17 heavy (non-hydrogen) atoms. The number of carbonyl (C=O) groups excluding carboxylic acids is 1. The smallest absolute Gasteiger partial charge is 0.226 e. The molecule has 2 aliphatic rings. The van der Waals surface area contributed by atoms with Gasteiger partial charge in [0, 0.05) is 11.8 Å². The lowest BCUT2D eigenvalue weighted by Gasteiger charge is -2.37. The second kappa shape index (κ2) is 6.10. The lowest BCUT2D eigenvalue weighted by molar-refractivity contribution is -0.133. The van der Waals surface area contributed by atoms with Gasteiger partial charge in [-0.1, -0.05) is 6.92 Å². The van der Waals surface area contributed by atoms with Crippen LogP contribution in [-0.4, -0.2) is 36.5 Å². The molecule has 2 aliphatic heterocycles. The van der Waals surface area contributed by atoms with E-state index >= 15 is 0 Å². The molecule has 2 fully saturated rings. The highest BCUT2D eigenvalue weighted by molar-refractivity contribution is 7.99. The van der Waals surface area contributed by atoms with Crippen LogP contribution in [0.2, 0.25) is 0 Å². The third-order valence-corrected chi connectivity index (χ3v) is 5.43. The molecule has 0 bridgehead atoms. The second-order valence-corrected chi connectivity index (χ2v) is 6.42. The van der Waals surface area contributed by atoms with E-state index in [1.165, 1.54) is 12.2 Å². The number of thioether (sulfide) groups is 1. The Balaban J connectivity index is 1.91. The van der Waals surface area contributed by atoms with Gasteiger partial charge in [0.05, 0.1) is 5.41 Å². The van der Waals surface area contributed by atoms with Gasteiger partial charge in [0.2, 0.25) is 5.91 Å². The quantitative estimate of drug-likeness (QED) is 0.809. The Labute approximate surface area is 108 Å². The normalized spacial score (nSPS) is 28.6. The van der Waals surface area contributed by atoms with Crippen molar-refractivity contribution in [2.24, 2.45) is 5.41 Å². The van der Waals surface area contributed by atoms with Crippen molar-refractivity contribution in [2.45, 2.75) is 45.1 Å². The van der Waals surface area contributed by atoms with Gasteiger partial charge in [-0.05, 0) is 50.9 Å². The van der Waals surface area contributed by atoms with Gasteiger partial charge in [-0.25, -0.2) is 0 Å². The molecule has 2 N–H and O–H groups in total. The first-order valence-electron chi connectivity index (χ1n) is 6.86. The van der Waals surface area contributed by atoms with Gasteiger partial charge in [-0.2, -0.15) is 11.8 Å². The Hall–Kier alpha value is -0.220. The number of rotatable bonds is 3. The van der Waals surface area contributed by atoms with Crippen molar-refractivity contribution < 1.29 is 4.79 Å². The fraction of sp³-hybridized carbons (Fsp3) is 0.923. The van der Waals surface area contributed by atoms with Crippen molar-refractivity contribution in [3.63, 3.8) is 0 Å². The van der Waals surface area contributed by atoms with E-state index in [4.69, 9.17) is 0 Å². The van der Waals surface area contributed by atoms with E-state index in [0.29, 0.717) is 11.9 Å². The second-order valence-electron chi connectivity index (χ2n) is 5.27. The Morgan fingerprint density at radius 1 is 1.47 bits per heavy atom. The molecule has 4 heteroatoms. The molecule has 3 nitrogen and oxygen atoms in total. The van der Waals surface area contributed by atoms with E-state index < -0.39 is 0 Å². The summed E-state index contributed by atoms with van der Waals surface area (Å²) in [7, 11) is 0. The molecule has 98 valence electrons. The van der Waals surface area contributed by atoms with Gasteiger partial charge in [0.15, 0.2) is 0 Å². The van der Waals surface area contributed by atoms with Gasteiger partial charge in [0.1, 0.15) is 0 Å². The number of piperidine rings is 1. The van der Waals surface area contributed by atoms with Crippen LogP contribution in [0.4, 0.5) is 0 Å². The first-order valence-corrected chi connectivity index (χ1v) is 8.02. The first kappa shape index (κ1) is 13.2. The zero-order valence-electron chi connectivity index (χ0n) is 10.8. The Bertz CT molecular complexity index is 258. The summed E-state index contributed by atoms with van der Waals surface area (Å²) >= 11 is 1.97. The van der Waals surface area contributed by atoms with E-state index in [0.717, 1.165) is 44.5 Å². The molecule has 0 saturated carbocycles. The summed E-state index contributed by atoms with van der Waals surface area (Å²) in [4.78, 5) is 12.5. The summed E-state index contributed by atoms with van der Waals surface area (Å²) < 4.78 is 0. The number of carbonyl (C=O) groups is 1. The van der Waals surface area contributed by atoms with Gasteiger partial charge in [0.25, 0.3) is 0 Å². The maximum Gasteiger partial charge on any atom is 0.226 e. The average molecular weight is 256 g/mol. The zero-order valence-corrected chi connectivity index (χ0v) is 11.6. The van der Waals surface area contributed by atoms with Crippen LogP contribution in [0.3, 0.4) is 0 Å². The minimum Gasteiger partial charge on any atom is -0.352 e. The van der Waals surface area contributed by atoms with E-state index in [2.05, 4.69) is 17.6 Å². The molecule has 0 aromatic heterocycles. The molecule has 0 aromatic carbocycles. The lowest BCUT2D eigenvalue weighted by atomic mass is 9.75. The van der Waals surface area contributed by atoms with Crippen LogP contribution < -0.4 is 10.6 Å². The van der Waals surface area contributed by atoms with Crippen LogP contribution in [0.1, 0.15) is 39.0 Å². The van der Waals surface area contributed by atoms with E-state index in [1.54, 1.807) is 0 Å². The maximum absolute atomic E-state index is 12.5. The lowest BCUT2D eigenvalue weighted by Crippen LogP contribution is -2.51. The monoisotopic (exact) mass is 256 g/mol. The summed E-state index contributed by atoms with van der Waals surface area (Å²) in [6, 6.07) is 0.416. The van der Waals surface area contributed by atoms with Gasteiger partial charge < -0.3 is 10.6 Å². The SMILES string of the molecule is CCC1(C(=O)NC2CCCSC2)CCNCC1. The van der Waals surface area contributed by atoms with Crippen LogP contribution in [0.15, 0.2) is 0 Å². The van der Waals surface area contributed by atoms with Crippen molar-refractivity contribution in [1.29, 1.82) is 0 Å². The van der Waals surface area contributed by atoms with Gasteiger partial charge in [-0.15, -0.1) is 0 Å². The molecule has 0 radical (unpaired) electrons. The molecule has 0 spiro atoms. The van der Waals surface area contributed by atoms with Crippen LogP contribution >= 0.6 is 11.8 Å². The van der Waals surface area contributed by atoms with Crippen LogP contribution in [-0.2, 0) is 4.79 Å². The molecule has 0 aromatic rings. The molecule has 2 saturated heterocycles. The van der Waals surface area contributed by atoms with Crippen LogP contribution in [0, 0.1) is 5.41 Å². The highest BCUT2D eigenvalue weighted by Gasteiger charge is 2.38. The standard InChI is InChI=1S/C13H24N2OS/c1-2-13(5-7-14-8-6-13)12(16)15-11-4-3-9-17-10-11/h11,14H,2-10H2,1H3,(H,15,16). The summed E-state index contributed by atoms with van der Waals surface area (Å²) in [6.45, 7) is 4.13. The van der Waals surface area contributed by atoms with Crippen LogP contribution in [0.5, 0.6) is 0 Å². The number of nitrogens with one attached hydrogen (secondary N) is 2. The maximum atomic E-state index is 12.5. The Morgan fingerprint density at radius 3 is 2.82 bits per heavy atom. The fourth-order valence-electron chi connectivity index (χ4n) is 2.84. The molecule has 1 unspecified atom stereocenters. The molecular weight excluding hydrogens is 232 g/mol. The van der Waals surface area contributed by atoms with Crippen molar-refractivity contribution in [3.05, 3.63) is 0 Å². The van der Waals surface area contributed by atoms with Gasteiger partial charge in [-0.3, -0.25) is 4.79 Å². The molecule has 0 aliphatic carbocycles. The molecule has 1 amide bonds. The summed E-state index contributed by atoms with van der Waals surface area (Å²) in [6.07, 6.45) is 5.37. The molecule has 1 atom stereocenters. The summed E-state index contributed by atoms with van der Waals surface area (Å²) in [5.74, 6) is 2.67.